The van der Waals surface area contributed by atoms with E-state index in [9.17, 15) is 9.59 Å². The molecule has 5 rings (SSSR count). The largest absolute Gasteiger partial charge is 0.465 e. The molecule has 1 aliphatic carbocycles. The van der Waals surface area contributed by atoms with Crippen molar-refractivity contribution < 1.29 is 14.3 Å². The zero-order valence-corrected chi connectivity index (χ0v) is 19.6. The molecule has 0 atom stereocenters. The minimum atomic E-state index is -0.469. The van der Waals surface area contributed by atoms with Crippen molar-refractivity contribution in [2.75, 3.05) is 17.2 Å². The van der Waals surface area contributed by atoms with E-state index in [2.05, 4.69) is 35.7 Å². The van der Waals surface area contributed by atoms with E-state index in [4.69, 9.17) is 4.74 Å². The molecule has 1 fully saturated rings. The van der Waals surface area contributed by atoms with Crippen LogP contribution in [0.2, 0.25) is 0 Å². The molecule has 2 N–H and O–H groups in total. The van der Waals surface area contributed by atoms with Crippen LogP contribution in [0.15, 0.2) is 61.3 Å². The Morgan fingerprint density at radius 3 is 2.67 bits per heavy atom. The van der Waals surface area contributed by atoms with Crippen LogP contribution in [0.25, 0.3) is 11.4 Å². The summed E-state index contributed by atoms with van der Waals surface area (Å²) in [5, 5.41) is 10.5. The fourth-order valence-electron chi connectivity index (χ4n) is 3.66. The average Bonchev–Trinajstić information content (AvgIpc) is 3.68. The summed E-state index contributed by atoms with van der Waals surface area (Å²) in [5.74, 6) is -0.240. The average molecular weight is 485 g/mol. The quantitative estimate of drug-likeness (QED) is 0.342. The zero-order valence-electron chi connectivity index (χ0n) is 19.6. The van der Waals surface area contributed by atoms with Crippen molar-refractivity contribution in [3.8, 4) is 11.4 Å². The molecule has 4 aromatic heterocycles. The Morgan fingerprint density at radius 2 is 1.94 bits per heavy atom. The Morgan fingerprint density at radius 1 is 1.11 bits per heavy atom. The first kappa shape index (κ1) is 23.1. The van der Waals surface area contributed by atoms with Gasteiger partial charge in [0.1, 0.15) is 24.4 Å². The van der Waals surface area contributed by atoms with Gasteiger partial charge in [0.25, 0.3) is 5.91 Å². The van der Waals surface area contributed by atoms with Gasteiger partial charge in [-0.1, -0.05) is 6.07 Å². The van der Waals surface area contributed by atoms with Crippen LogP contribution in [0.3, 0.4) is 0 Å². The molecule has 11 heteroatoms. The highest BCUT2D eigenvalue weighted by Crippen LogP contribution is 2.39. The van der Waals surface area contributed by atoms with Crippen molar-refractivity contribution >= 4 is 29.1 Å². The molecule has 1 saturated carbocycles. The van der Waals surface area contributed by atoms with Crippen molar-refractivity contribution in [2.24, 2.45) is 0 Å². The second-order valence-corrected chi connectivity index (χ2v) is 8.21. The summed E-state index contributed by atoms with van der Waals surface area (Å²) in [6.45, 7) is 1.80. The maximum atomic E-state index is 13.5. The molecule has 0 bridgehead atoms. The number of nitrogens with zero attached hydrogens (tertiary/aromatic N) is 6. The summed E-state index contributed by atoms with van der Waals surface area (Å²) >= 11 is 0. The van der Waals surface area contributed by atoms with E-state index in [1.807, 2.05) is 18.2 Å². The Hall–Kier alpha value is -4.67. The van der Waals surface area contributed by atoms with Gasteiger partial charge in [-0.25, -0.2) is 19.6 Å². The number of esters is 1. The second-order valence-electron chi connectivity index (χ2n) is 8.21. The maximum absolute atomic E-state index is 13.5. The van der Waals surface area contributed by atoms with E-state index in [1.165, 1.54) is 11.0 Å². The van der Waals surface area contributed by atoms with Crippen LogP contribution in [0, 0.1) is 0 Å². The number of nitrogens with one attached hydrogen (secondary N) is 2. The lowest BCUT2D eigenvalue weighted by molar-refractivity contribution is -0.144. The lowest BCUT2D eigenvalue weighted by atomic mass is 10.2. The fourth-order valence-corrected chi connectivity index (χ4v) is 3.66. The first-order valence-electron chi connectivity index (χ1n) is 11.6. The van der Waals surface area contributed by atoms with Crippen LogP contribution >= 0.6 is 0 Å². The Bertz CT molecular complexity index is 1370. The number of hydrogen-bond acceptors (Lipinski definition) is 9. The molecule has 1 amide bonds. The van der Waals surface area contributed by atoms with E-state index in [0.717, 1.165) is 18.5 Å². The van der Waals surface area contributed by atoms with E-state index in [-0.39, 0.29) is 18.8 Å². The van der Waals surface area contributed by atoms with Crippen LogP contribution in [-0.4, -0.2) is 48.2 Å². The third-order valence-electron chi connectivity index (χ3n) is 5.50. The molecule has 36 heavy (non-hydrogen) atoms. The van der Waals surface area contributed by atoms with Gasteiger partial charge in [0.05, 0.1) is 36.1 Å². The van der Waals surface area contributed by atoms with Gasteiger partial charge in [-0.3, -0.25) is 14.6 Å². The first-order chi connectivity index (χ1) is 17.6. The molecule has 4 heterocycles. The van der Waals surface area contributed by atoms with Gasteiger partial charge in [-0.15, -0.1) is 0 Å². The monoisotopic (exact) mass is 484 g/mol. The van der Waals surface area contributed by atoms with Gasteiger partial charge in [-0.05, 0) is 44.0 Å². The zero-order chi connectivity index (χ0) is 24.9. The molecule has 0 aromatic carbocycles. The van der Waals surface area contributed by atoms with Crippen LogP contribution < -0.4 is 10.6 Å². The Labute approximate surface area is 207 Å². The molecule has 182 valence electrons. The highest BCUT2D eigenvalue weighted by Gasteiger charge is 2.27. The highest BCUT2D eigenvalue weighted by molar-refractivity contribution is 6.06. The lowest BCUT2D eigenvalue weighted by Crippen LogP contribution is -2.21. The van der Waals surface area contributed by atoms with Gasteiger partial charge >= 0.3 is 5.97 Å². The molecule has 0 unspecified atom stereocenters. The number of carbonyl (C=O) groups excluding carboxylic acids is 2. The molecule has 0 saturated heterocycles. The minimum absolute atomic E-state index is 0.168. The smallest absolute Gasteiger partial charge is 0.327 e. The molecule has 4 aromatic rings. The van der Waals surface area contributed by atoms with Gasteiger partial charge in [0.15, 0.2) is 5.69 Å². The Kier molecular flexibility index (Phi) is 6.61. The van der Waals surface area contributed by atoms with Gasteiger partial charge in [-0.2, -0.15) is 5.10 Å². The summed E-state index contributed by atoms with van der Waals surface area (Å²) in [7, 11) is 0. The fraction of sp³-hybridized carbons (Fsp3) is 0.240. The van der Waals surface area contributed by atoms with Gasteiger partial charge < -0.3 is 15.4 Å². The molecular formula is C25H24N8O3. The molecule has 0 spiro atoms. The normalized spacial score (nSPS) is 12.7. The summed E-state index contributed by atoms with van der Waals surface area (Å²) in [6.07, 6.45) is 8.39. The van der Waals surface area contributed by atoms with Crippen molar-refractivity contribution in [2.45, 2.75) is 32.2 Å². The lowest BCUT2D eigenvalue weighted by Gasteiger charge is -2.13. The highest BCUT2D eigenvalue weighted by atomic mass is 16.5. The summed E-state index contributed by atoms with van der Waals surface area (Å²) < 4.78 is 6.47. The second kappa shape index (κ2) is 10.3. The SMILES string of the molecule is CCOC(=O)Cn1nc(-c2ccccn2)cc1NC(=O)c1nc(C2CC2)ccc1Nc1cncnc1. The summed E-state index contributed by atoms with van der Waals surface area (Å²) in [5.41, 5.74) is 3.33. The molecule has 1 aliphatic rings. The predicted molar refractivity (Wildman–Crippen MR) is 132 cm³/mol. The molecule has 0 radical (unpaired) electrons. The third-order valence-corrected chi connectivity index (χ3v) is 5.50. The van der Waals surface area contributed by atoms with E-state index in [1.54, 1.807) is 43.7 Å². The van der Waals surface area contributed by atoms with E-state index < -0.39 is 11.9 Å². The number of anilines is 3. The number of aromatic nitrogens is 6. The molecule has 11 nitrogen and oxygen atoms in total. The van der Waals surface area contributed by atoms with Crippen molar-refractivity contribution in [1.29, 1.82) is 0 Å². The first-order valence-corrected chi connectivity index (χ1v) is 11.6. The number of rotatable bonds is 9. The molecular weight excluding hydrogens is 460 g/mol. The number of pyridine rings is 2. The van der Waals surface area contributed by atoms with Crippen LogP contribution in [-0.2, 0) is 16.1 Å². The van der Waals surface area contributed by atoms with Crippen LogP contribution in [0.4, 0.5) is 17.2 Å². The van der Waals surface area contributed by atoms with Crippen molar-refractivity contribution in [1.82, 2.24) is 29.7 Å². The van der Waals surface area contributed by atoms with Crippen molar-refractivity contribution in [3.63, 3.8) is 0 Å². The number of hydrogen-bond donors (Lipinski definition) is 2. The van der Waals surface area contributed by atoms with Gasteiger partial charge in [0, 0.05) is 23.9 Å². The number of carbonyl (C=O) groups is 2. The minimum Gasteiger partial charge on any atom is -0.465 e. The standard InChI is InChI=1S/C25H24N8O3/c1-2-36-23(34)14-33-22(11-21(32-33)19-5-3-4-10-28-19)31-25(35)24-20(29-17-12-26-15-27-13-17)9-8-18(30-24)16-6-7-16/h3-5,8-13,15-16,29H,2,6-7,14H2,1H3,(H,31,35). The van der Waals surface area contributed by atoms with E-state index in [0.29, 0.717) is 34.5 Å². The van der Waals surface area contributed by atoms with Crippen LogP contribution in [0.5, 0.6) is 0 Å². The van der Waals surface area contributed by atoms with E-state index >= 15 is 0 Å². The van der Waals surface area contributed by atoms with Crippen LogP contribution in [0.1, 0.15) is 41.9 Å². The summed E-state index contributed by atoms with van der Waals surface area (Å²) in [4.78, 5) is 42.7. The third kappa shape index (κ3) is 5.35. The molecule has 0 aliphatic heterocycles. The number of amides is 1. The predicted octanol–water partition coefficient (Wildman–Crippen LogP) is 3.57. The maximum Gasteiger partial charge on any atom is 0.327 e. The van der Waals surface area contributed by atoms with Gasteiger partial charge in [0.2, 0.25) is 0 Å². The topological polar surface area (TPSA) is 137 Å². The number of ether oxygens (including phenoxy) is 1. The Balaban J connectivity index is 1.47. The summed E-state index contributed by atoms with van der Waals surface area (Å²) in [6, 6.07) is 10.9. The van der Waals surface area contributed by atoms with Crippen molar-refractivity contribution in [3.05, 3.63) is 72.7 Å².